The molecule has 0 aliphatic heterocycles. The van der Waals surface area contributed by atoms with E-state index in [0.29, 0.717) is 5.76 Å². The van der Waals surface area contributed by atoms with E-state index in [9.17, 15) is 18.3 Å². The standard InChI is InChI=1S/C16H18N2O5S/c1-2-8-18-24(21,22)13-6-3-5-12(10-13)16(20)17-11-14(19)15-7-4-9-23-15/h2-7,9-10,14,18-19H,1,8,11H2,(H,17,20). The zero-order chi connectivity index (χ0) is 17.6. The van der Waals surface area contributed by atoms with Crippen molar-refractivity contribution in [3.63, 3.8) is 0 Å². The number of sulfonamides is 1. The number of aliphatic hydroxyl groups is 1. The van der Waals surface area contributed by atoms with Gasteiger partial charge >= 0.3 is 0 Å². The maximum atomic E-state index is 12.1. The molecule has 0 fully saturated rings. The highest BCUT2D eigenvalue weighted by Crippen LogP contribution is 2.14. The van der Waals surface area contributed by atoms with Crippen LogP contribution in [0.5, 0.6) is 0 Å². The summed E-state index contributed by atoms with van der Waals surface area (Å²) in [6.45, 7) is 3.48. The van der Waals surface area contributed by atoms with Gasteiger partial charge in [-0.15, -0.1) is 6.58 Å². The Hall–Kier alpha value is -2.42. The molecule has 0 aliphatic carbocycles. The highest BCUT2D eigenvalue weighted by atomic mass is 32.2. The molecule has 0 saturated carbocycles. The van der Waals surface area contributed by atoms with Crippen molar-refractivity contribution in [1.29, 1.82) is 0 Å². The second kappa shape index (κ2) is 7.91. The number of aliphatic hydroxyl groups excluding tert-OH is 1. The topological polar surface area (TPSA) is 109 Å². The van der Waals surface area contributed by atoms with E-state index in [0.717, 1.165) is 0 Å². The molecule has 0 bridgehead atoms. The summed E-state index contributed by atoms with van der Waals surface area (Å²) in [7, 11) is -3.71. The van der Waals surface area contributed by atoms with E-state index in [4.69, 9.17) is 4.42 Å². The average molecular weight is 350 g/mol. The number of nitrogens with one attached hydrogen (secondary N) is 2. The van der Waals surface area contributed by atoms with Crippen LogP contribution >= 0.6 is 0 Å². The van der Waals surface area contributed by atoms with E-state index in [1.807, 2.05) is 0 Å². The van der Waals surface area contributed by atoms with Crippen molar-refractivity contribution in [2.75, 3.05) is 13.1 Å². The second-order valence-corrected chi connectivity index (χ2v) is 6.68. The van der Waals surface area contributed by atoms with E-state index >= 15 is 0 Å². The molecule has 1 unspecified atom stereocenters. The van der Waals surface area contributed by atoms with Crippen LogP contribution < -0.4 is 10.0 Å². The summed E-state index contributed by atoms with van der Waals surface area (Å²) in [6.07, 6.45) is 1.86. The molecule has 1 aromatic heterocycles. The van der Waals surface area contributed by atoms with Crippen LogP contribution in [-0.2, 0) is 10.0 Å². The maximum absolute atomic E-state index is 12.1. The largest absolute Gasteiger partial charge is 0.467 e. The summed E-state index contributed by atoms with van der Waals surface area (Å²) in [5.41, 5.74) is 0.170. The number of rotatable bonds is 8. The molecule has 3 N–H and O–H groups in total. The molecule has 1 aromatic carbocycles. The summed E-state index contributed by atoms with van der Waals surface area (Å²) in [5, 5.41) is 12.4. The number of benzene rings is 1. The van der Waals surface area contributed by atoms with Crippen molar-refractivity contribution in [2.24, 2.45) is 0 Å². The molecule has 8 heteroatoms. The number of carbonyl (C=O) groups excluding carboxylic acids is 1. The van der Waals surface area contributed by atoms with Gasteiger partial charge in [0.15, 0.2) is 0 Å². The Bertz CT molecular complexity index is 800. The summed E-state index contributed by atoms with van der Waals surface area (Å²) < 4.78 is 31.5. The van der Waals surface area contributed by atoms with Gasteiger partial charge in [-0.2, -0.15) is 0 Å². The zero-order valence-corrected chi connectivity index (χ0v) is 13.6. The molecule has 1 heterocycles. The minimum absolute atomic E-state index is 0.0245. The fourth-order valence-electron chi connectivity index (χ4n) is 1.93. The number of hydrogen-bond acceptors (Lipinski definition) is 5. The maximum Gasteiger partial charge on any atom is 0.251 e. The van der Waals surface area contributed by atoms with E-state index < -0.39 is 22.0 Å². The molecule has 7 nitrogen and oxygen atoms in total. The minimum atomic E-state index is -3.71. The smallest absolute Gasteiger partial charge is 0.251 e. The summed E-state index contributed by atoms with van der Waals surface area (Å²) in [4.78, 5) is 12.1. The normalized spacial score (nSPS) is 12.5. The third-order valence-electron chi connectivity index (χ3n) is 3.15. The monoisotopic (exact) mass is 350 g/mol. The minimum Gasteiger partial charge on any atom is -0.467 e. The molecule has 1 atom stereocenters. The van der Waals surface area contributed by atoms with Crippen molar-refractivity contribution < 1.29 is 22.7 Å². The highest BCUT2D eigenvalue weighted by Gasteiger charge is 2.17. The van der Waals surface area contributed by atoms with Gasteiger partial charge < -0.3 is 14.8 Å². The van der Waals surface area contributed by atoms with Crippen LogP contribution in [0.3, 0.4) is 0 Å². The number of furan rings is 1. The Kier molecular flexibility index (Phi) is 5.91. The van der Waals surface area contributed by atoms with Gasteiger partial charge in [0.2, 0.25) is 10.0 Å². The highest BCUT2D eigenvalue weighted by molar-refractivity contribution is 7.89. The predicted molar refractivity (Wildman–Crippen MR) is 87.8 cm³/mol. The molecule has 24 heavy (non-hydrogen) atoms. The van der Waals surface area contributed by atoms with E-state index in [2.05, 4.69) is 16.6 Å². The van der Waals surface area contributed by atoms with Gasteiger partial charge in [0.1, 0.15) is 11.9 Å². The fourth-order valence-corrected chi connectivity index (χ4v) is 2.97. The summed E-state index contributed by atoms with van der Waals surface area (Å²) >= 11 is 0. The molecule has 2 rings (SSSR count). The van der Waals surface area contributed by atoms with Gasteiger partial charge in [-0.1, -0.05) is 12.1 Å². The van der Waals surface area contributed by atoms with Crippen molar-refractivity contribution in [1.82, 2.24) is 10.0 Å². The lowest BCUT2D eigenvalue weighted by atomic mass is 10.2. The second-order valence-electron chi connectivity index (χ2n) is 4.91. The third kappa shape index (κ3) is 4.54. The first-order chi connectivity index (χ1) is 11.4. The molecule has 0 saturated heterocycles. The number of amides is 1. The van der Waals surface area contributed by atoms with E-state index in [-0.39, 0.29) is 23.5 Å². The molecular weight excluding hydrogens is 332 g/mol. The summed E-state index contributed by atoms with van der Waals surface area (Å²) in [6, 6.07) is 8.83. The number of carbonyl (C=O) groups is 1. The van der Waals surface area contributed by atoms with Crippen LogP contribution in [-0.4, -0.2) is 32.5 Å². The molecule has 128 valence electrons. The van der Waals surface area contributed by atoms with Crippen LogP contribution in [0.2, 0.25) is 0 Å². The number of hydrogen-bond donors (Lipinski definition) is 3. The van der Waals surface area contributed by atoms with Gasteiger partial charge in [0.05, 0.1) is 17.7 Å². The zero-order valence-electron chi connectivity index (χ0n) is 12.8. The lowest BCUT2D eigenvalue weighted by Crippen LogP contribution is -2.29. The Morgan fingerprint density at radius 2 is 2.12 bits per heavy atom. The molecule has 0 aliphatic rings. The first kappa shape index (κ1) is 17.9. The van der Waals surface area contributed by atoms with Gasteiger partial charge in [-0.25, -0.2) is 13.1 Å². The Balaban J connectivity index is 2.05. The molecule has 1 amide bonds. The van der Waals surface area contributed by atoms with Gasteiger partial charge in [-0.05, 0) is 30.3 Å². The quantitative estimate of drug-likeness (QED) is 0.620. The molecular formula is C16H18N2O5S. The van der Waals surface area contributed by atoms with E-state index in [1.54, 1.807) is 12.1 Å². The average Bonchev–Trinajstić information content (AvgIpc) is 3.12. The van der Waals surface area contributed by atoms with Crippen molar-refractivity contribution in [3.8, 4) is 0 Å². The van der Waals surface area contributed by atoms with Gasteiger partial charge in [-0.3, -0.25) is 4.79 Å². The van der Waals surface area contributed by atoms with Gasteiger partial charge in [0.25, 0.3) is 5.91 Å². The van der Waals surface area contributed by atoms with Crippen LogP contribution in [0, 0.1) is 0 Å². The molecule has 0 radical (unpaired) electrons. The van der Waals surface area contributed by atoms with E-state index in [1.165, 1.54) is 36.6 Å². The van der Waals surface area contributed by atoms with Crippen LogP contribution in [0.1, 0.15) is 22.2 Å². The van der Waals surface area contributed by atoms with Crippen molar-refractivity contribution >= 4 is 15.9 Å². The third-order valence-corrected chi connectivity index (χ3v) is 4.57. The van der Waals surface area contributed by atoms with Crippen molar-refractivity contribution in [3.05, 3.63) is 66.6 Å². The van der Waals surface area contributed by atoms with Crippen LogP contribution in [0.4, 0.5) is 0 Å². The molecule has 0 spiro atoms. The Morgan fingerprint density at radius 3 is 2.79 bits per heavy atom. The Labute approximate surface area is 140 Å². The van der Waals surface area contributed by atoms with Crippen LogP contribution in [0.25, 0.3) is 0 Å². The van der Waals surface area contributed by atoms with Crippen molar-refractivity contribution in [2.45, 2.75) is 11.0 Å². The lowest BCUT2D eigenvalue weighted by molar-refractivity contribution is 0.0901. The van der Waals surface area contributed by atoms with Gasteiger partial charge in [0, 0.05) is 12.1 Å². The first-order valence-electron chi connectivity index (χ1n) is 7.14. The lowest BCUT2D eigenvalue weighted by Gasteiger charge is -2.10. The molecule has 2 aromatic rings. The van der Waals surface area contributed by atoms with Crippen LogP contribution in [0.15, 0.2) is 64.6 Å². The SMILES string of the molecule is C=CCNS(=O)(=O)c1cccc(C(=O)NCC(O)c2ccco2)c1. The fraction of sp³-hybridized carbons (Fsp3) is 0.188. The predicted octanol–water partition coefficient (Wildman–Crippen LogP) is 1.21. The summed E-state index contributed by atoms with van der Waals surface area (Å²) in [5.74, 6) is -0.165. The Morgan fingerprint density at radius 1 is 1.33 bits per heavy atom. The first-order valence-corrected chi connectivity index (χ1v) is 8.62.